The Morgan fingerprint density at radius 2 is 1.78 bits per heavy atom. The molecule has 104 valence electrons. The predicted molar refractivity (Wildman–Crippen MR) is 75.2 cm³/mol. The van der Waals surface area contributed by atoms with Gasteiger partial charge in [-0.1, -0.05) is 6.92 Å². The molecule has 3 atom stereocenters. The van der Waals surface area contributed by atoms with Gasteiger partial charge in [0.25, 0.3) is 0 Å². The van der Waals surface area contributed by atoms with Crippen LogP contribution in [0.25, 0.3) is 0 Å². The van der Waals surface area contributed by atoms with E-state index >= 15 is 0 Å². The number of rotatable bonds is 3. The lowest BCUT2D eigenvalue weighted by atomic mass is 9.85. The summed E-state index contributed by atoms with van der Waals surface area (Å²) in [5.74, 6) is 1.58. The van der Waals surface area contributed by atoms with E-state index in [0.717, 1.165) is 38.1 Å². The number of carbonyl (C=O) groups is 1. The van der Waals surface area contributed by atoms with Crippen LogP contribution in [-0.4, -0.2) is 30.3 Å². The summed E-state index contributed by atoms with van der Waals surface area (Å²) in [6, 6.07) is 0.662. The summed E-state index contributed by atoms with van der Waals surface area (Å²) in [5.41, 5.74) is 0. The Labute approximate surface area is 116 Å². The van der Waals surface area contributed by atoms with Gasteiger partial charge >= 0.3 is 0 Å². The lowest BCUT2D eigenvalue weighted by Crippen LogP contribution is -3.17. The van der Waals surface area contributed by atoms with Gasteiger partial charge in [0.2, 0.25) is 0 Å². The first kappa shape index (κ1) is 14.3. The number of hydrogen-bond acceptors (Lipinski definition) is 1. The number of quaternary nitrogens is 1. The number of piperidine rings is 1. The summed E-state index contributed by atoms with van der Waals surface area (Å²) in [6.07, 6.45) is 6.70. The Kier molecular flexibility index (Phi) is 5.08. The molecule has 0 amide bonds. The van der Waals surface area contributed by atoms with Crippen molar-refractivity contribution < 1.29 is 9.69 Å². The maximum Gasteiger partial charge on any atom is 0.189 e. The number of ketones is 1. The molecule has 1 saturated carbocycles. The average Bonchev–Trinajstić information content (AvgIpc) is 2.34. The number of alkyl halides is 1. The Balaban J connectivity index is 1.82. The van der Waals surface area contributed by atoms with Crippen LogP contribution in [0.3, 0.4) is 0 Å². The van der Waals surface area contributed by atoms with Crippen LogP contribution in [-0.2, 0) is 4.79 Å². The molecule has 0 bridgehead atoms. The fourth-order valence-electron chi connectivity index (χ4n) is 3.48. The first-order valence-electron chi connectivity index (χ1n) is 7.57. The molecule has 1 aliphatic heterocycles. The highest BCUT2D eigenvalue weighted by atomic mass is 35.5. The van der Waals surface area contributed by atoms with E-state index in [-0.39, 0.29) is 0 Å². The highest BCUT2D eigenvalue weighted by Crippen LogP contribution is 2.27. The van der Waals surface area contributed by atoms with Gasteiger partial charge in [0.15, 0.2) is 5.78 Å². The SMILES string of the molecule is CC1CCC(C)[NH+](CC(=O)C2CCC(Cl)CC2)C1. The van der Waals surface area contributed by atoms with Crippen molar-refractivity contribution in [2.75, 3.05) is 13.1 Å². The number of nitrogens with one attached hydrogen (secondary N) is 1. The highest BCUT2D eigenvalue weighted by Gasteiger charge is 2.32. The van der Waals surface area contributed by atoms with Crippen molar-refractivity contribution in [1.29, 1.82) is 0 Å². The summed E-state index contributed by atoms with van der Waals surface area (Å²) >= 11 is 6.10. The molecule has 2 aliphatic rings. The Morgan fingerprint density at radius 1 is 1.11 bits per heavy atom. The lowest BCUT2D eigenvalue weighted by Gasteiger charge is -2.34. The van der Waals surface area contributed by atoms with Crippen LogP contribution in [0.5, 0.6) is 0 Å². The van der Waals surface area contributed by atoms with Gasteiger partial charge in [-0.05, 0) is 45.4 Å². The van der Waals surface area contributed by atoms with Gasteiger partial charge in [-0.15, -0.1) is 11.6 Å². The lowest BCUT2D eigenvalue weighted by molar-refractivity contribution is -0.924. The topological polar surface area (TPSA) is 21.5 Å². The first-order valence-corrected chi connectivity index (χ1v) is 8.01. The maximum absolute atomic E-state index is 12.4. The second kappa shape index (κ2) is 6.38. The van der Waals surface area contributed by atoms with Gasteiger partial charge in [-0.2, -0.15) is 0 Å². The van der Waals surface area contributed by atoms with Crippen LogP contribution in [0.4, 0.5) is 0 Å². The zero-order valence-corrected chi connectivity index (χ0v) is 12.5. The zero-order valence-electron chi connectivity index (χ0n) is 11.8. The fraction of sp³-hybridized carbons (Fsp3) is 0.933. The molecular weight excluding hydrogens is 246 g/mol. The van der Waals surface area contributed by atoms with E-state index in [9.17, 15) is 4.79 Å². The van der Waals surface area contributed by atoms with Crippen molar-refractivity contribution in [3.8, 4) is 0 Å². The van der Waals surface area contributed by atoms with Crippen LogP contribution in [0.15, 0.2) is 0 Å². The largest absolute Gasteiger partial charge is 0.326 e. The van der Waals surface area contributed by atoms with Crippen molar-refractivity contribution >= 4 is 17.4 Å². The average molecular weight is 273 g/mol. The van der Waals surface area contributed by atoms with Gasteiger partial charge in [-0.3, -0.25) is 4.79 Å². The van der Waals surface area contributed by atoms with Gasteiger partial charge in [0.1, 0.15) is 6.54 Å². The molecule has 3 unspecified atom stereocenters. The minimum absolute atomic E-state index is 0.303. The molecule has 0 aromatic heterocycles. The van der Waals surface area contributed by atoms with Crippen molar-refractivity contribution in [1.82, 2.24) is 0 Å². The number of hydrogen-bond donors (Lipinski definition) is 1. The zero-order chi connectivity index (χ0) is 13.1. The van der Waals surface area contributed by atoms with Crippen LogP contribution in [0.1, 0.15) is 52.4 Å². The van der Waals surface area contributed by atoms with Crippen molar-refractivity contribution in [2.24, 2.45) is 11.8 Å². The smallest absolute Gasteiger partial charge is 0.189 e. The molecule has 2 rings (SSSR count). The van der Waals surface area contributed by atoms with Gasteiger partial charge in [0, 0.05) is 17.2 Å². The van der Waals surface area contributed by atoms with E-state index in [1.165, 1.54) is 24.3 Å². The summed E-state index contributed by atoms with van der Waals surface area (Å²) in [4.78, 5) is 13.9. The van der Waals surface area contributed by atoms with Crippen LogP contribution < -0.4 is 4.90 Å². The second-order valence-corrected chi connectivity index (χ2v) is 7.16. The molecule has 3 heteroatoms. The van der Waals surface area contributed by atoms with Crippen LogP contribution >= 0.6 is 11.6 Å². The normalized spacial score (nSPS) is 41.6. The molecule has 2 nitrogen and oxygen atoms in total. The van der Waals surface area contributed by atoms with Gasteiger partial charge in [0.05, 0.1) is 12.6 Å². The summed E-state index contributed by atoms with van der Waals surface area (Å²) in [7, 11) is 0. The van der Waals surface area contributed by atoms with Crippen molar-refractivity contribution in [3.63, 3.8) is 0 Å². The third-order valence-corrected chi connectivity index (χ3v) is 5.35. The van der Waals surface area contributed by atoms with Crippen LogP contribution in [0.2, 0.25) is 0 Å². The van der Waals surface area contributed by atoms with E-state index in [1.54, 1.807) is 0 Å². The van der Waals surface area contributed by atoms with E-state index in [1.807, 2.05) is 0 Å². The third kappa shape index (κ3) is 3.71. The molecule has 18 heavy (non-hydrogen) atoms. The number of halogens is 1. The molecule has 1 saturated heterocycles. The van der Waals surface area contributed by atoms with Crippen molar-refractivity contribution in [2.45, 2.75) is 63.8 Å². The standard InChI is InChI=1S/C15H26ClNO/c1-11-3-4-12(2)17(9-11)10-15(18)13-5-7-14(16)8-6-13/h11-14H,3-10H2,1-2H3/p+1. The highest BCUT2D eigenvalue weighted by molar-refractivity contribution is 6.20. The van der Waals surface area contributed by atoms with Crippen molar-refractivity contribution in [3.05, 3.63) is 0 Å². The molecule has 0 aromatic rings. The Bertz CT molecular complexity index is 286. The van der Waals surface area contributed by atoms with Gasteiger partial charge < -0.3 is 4.90 Å². The van der Waals surface area contributed by atoms with E-state index < -0.39 is 0 Å². The Hall–Kier alpha value is -0.0800. The number of carbonyl (C=O) groups excluding carboxylic acids is 1. The molecule has 0 radical (unpaired) electrons. The number of likely N-dealkylation sites (tertiary alicyclic amines) is 1. The van der Waals surface area contributed by atoms with E-state index in [0.29, 0.717) is 23.1 Å². The summed E-state index contributed by atoms with van der Waals surface area (Å²) in [5, 5.41) is 0.315. The van der Waals surface area contributed by atoms with E-state index in [4.69, 9.17) is 11.6 Å². The predicted octanol–water partition coefficient (Wildman–Crippen LogP) is 2.06. The third-order valence-electron chi connectivity index (χ3n) is 4.91. The molecular formula is C15H27ClNO+. The minimum atomic E-state index is 0.303. The number of Topliss-reactive ketones (excluding diaryl/α,β-unsaturated/α-hetero) is 1. The van der Waals surface area contributed by atoms with Gasteiger partial charge in [-0.25, -0.2) is 0 Å². The summed E-state index contributed by atoms with van der Waals surface area (Å²) < 4.78 is 0. The fourth-order valence-corrected chi connectivity index (χ4v) is 3.73. The summed E-state index contributed by atoms with van der Waals surface area (Å²) in [6.45, 7) is 6.54. The molecule has 1 heterocycles. The molecule has 0 aromatic carbocycles. The second-order valence-electron chi connectivity index (χ2n) is 6.54. The van der Waals surface area contributed by atoms with Crippen LogP contribution in [0, 0.1) is 11.8 Å². The molecule has 1 N–H and O–H groups in total. The minimum Gasteiger partial charge on any atom is -0.326 e. The Morgan fingerprint density at radius 3 is 2.44 bits per heavy atom. The molecule has 1 aliphatic carbocycles. The first-order chi connectivity index (χ1) is 8.56. The maximum atomic E-state index is 12.4. The molecule has 0 spiro atoms. The van der Waals surface area contributed by atoms with E-state index in [2.05, 4.69) is 13.8 Å². The monoisotopic (exact) mass is 272 g/mol. The quantitative estimate of drug-likeness (QED) is 0.781. The molecule has 2 fully saturated rings.